The smallest absolute Gasteiger partial charge is 0.118 e. The van der Waals surface area contributed by atoms with Gasteiger partial charge in [0.1, 0.15) is 5.75 Å². The van der Waals surface area contributed by atoms with Crippen molar-refractivity contribution >= 4 is 23.4 Å². The lowest BCUT2D eigenvalue weighted by Crippen LogP contribution is -2.00. The third-order valence-electron chi connectivity index (χ3n) is 2.36. The van der Waals surface area contributed by atoms with Crippen molar-refractivity contribution in [3.05, 3.63) is 29.8 Å². The first-order valence-corrected chi connectivity index (χ1v) is 7.21. The van der Waals surface area contributed by atoms with Gasteiger partial charge in [0.2, 0.25) is 0 Å². The fourth-order valence-electron chi connectivity index (χ4n) is 1.31. The van der Waals surface area contributed by atoms with Gasteiger partial charge in [0.15, 0.2) is 0 Å². The summed E-state index contributed by atoms with van der Waals surface area (Å²) < 4.78 is 5.12. The van der Waals surface area contributed by atoms with E-state index in [2.05, 4.69) is 19.1 Å². The van der Waals surface area contributed by atoms with Crippen LogP contribution in [0.25, 0.3) is 0 Å². The van der Waals surface area contributed by atoms with Crippen molar-refractivity contribution in [2.45, 2.75) is 13.3 Å². The number of aryl methyl sites for hydroxylation is 1. The molecule has 0 fully saturated rings. The fourth-order valence-corrected chi connectivity index (χ4v) is 2.62. The van der Waals surface area contributed by atoms with Crippen molar-refractivity contribution in [1.29, 1.82) is 0 Å². The highest BCUT2D eigenvalue weighted by Gasteiger charge is 2.00. The summed E-state index contributed by atoms with van der Waals surface area (Å²) in [6.45, 7) is 2.19. The molecule has 16 heavy (non-hydrogen) atoms. The topological polar surface area (TPSA) is 9.23 Å². The van der Waals surface area contributed by atoms with Gasteiger partial charge in [-0.25, -0.2) is 0 Å². The number of rotatable bonds is 7. The molecule has 1 unspecified atom stereocenters. The molecule has 1 nitrogen and oxygen atoms in total. The molecule has 0 aromatic heterocycles. The van der Waals surface area contributed by atoms with Crippen molar-refractivity contribution in [3.8, 4) is 5.75 Å². The average Bonchev–Trinajstić information content (AvgIpc) is 2.35. The van der Waals surface area contributed by atoms with Gasteiger partial charge in [-0.2, -0.15) is 11.8 Å². The minimum Gasteiger partial charge on any atom is -0.497 e. The Bertz CT molecular complexity index is 286. The van der Waals surface area contributed by atoms with E-state index < -0.39 is 0 Å². The first kappa shape index (κ1) is 13.7. The van der Waals surface area contributed by atoms with E-state index in [0.717, 1.165) is 29.6 Å². The Kier molecular flexibility index (Phi) is 6.74. The Hall–Kier alpha value is -0.340. The molecular weight excluding hydrogens is 240 g/mol. The Morgan fingerprint density at radius 2 is 2.00 bits per heavy atom. The van der Waals surface area contributed by atoms with Gasteiger partial charge < -0.3 is 4.74 Å². The molecule has 0 amide bonds. The van der Waals surface area contributed by atoms with Gasteiger partial charge in [0.05, 0.1) is 7.11 Å². The first-order chi connectivity index (χ1) is 7.76. The van der Waals surface area contributed by atoms with Crippen LogP contribution in [0.5, 0.6) is 5.75 Å². The molecule has 1 aromatic rings. The SMILES string of the molecule is COc1ccc(CCSCC(C)CCl)cc1. The molecule has 0 saturated carbocycles. The lowest BCUT2D eigenvalue weighted by Gasteiger charge is -2.07. The maximum atomic E-state index is 5.75. The maximum Gasteiger partial charge on any atom is 0.118 e. The Morgan fingerprint density at radius 3 is 2.56 bits per heavy atom. The third-order valence-corrected chi connectivity index (χ3v) is 4.18. The Balaban J connectivity index is 2.21. The van der Waals surface area contributed by atoms with Crippen LogP contribution in [0.15, 0.2) is 24.3 Å². The monoisotopic (exact) mass is 258 g/mol. The van der Waals surface area contributed by atoms with Gasteiger partial charge in [-0.3, -0.25) is 0 Å². The number of hydrogen-bond donors (Lipinski definition) is 0. The zero-order chi connectivity index (χ0) is 11.8. The summed E-state index contributed by atoms with van der Waals surface area (Å²) in [7, 11) is 1.69. The molecule has 0 aliphatic rings. The maximum absolute atomic E-state index is 5.75. The van der Waals surface area contributed by atoms with Crippen LogP contribution in [0, 0.1) is 5.92 Å². The Labute approximate surface area is 108 Å². The van der Waals surface area contributed by atoms with Gasteiger partial charge in [-0.05, 0) is 41.5 Å². The third kappa shape index (κ3) is 5.13. The molecule has 0 aliphatic heterocycles. The fraction of sp³-hybridized carbons (Fsp3) is 0.538. The van der Waals surface area contributed by atoms with Crippen molar-refractivity contribution in [1.82, 2.24) is 0 Å². The van der Waals surface area contributed by atoms with Crippen LogP contribution in [0.1, 0.15) is 12.5 Å². The van der Waals surface area contributed by atoms with Crippen LogP contribution in [0.4, 0.5) is 0 Å². The summed E-state index contributed by atoms with van der Waals surface area (Å²) in [4.78, 5) is 0. The molecule has 0 heterocycles. The van der Waals surface area contributed by atoms with E-state index in [9.17, 15) is 0 Å². The van der Waals surface area contributed by atoms with Crippen molar-refractivity contribution < 1.29 is 4.74 Å². The van der Waals surface area contributed by atoms with E-state index in [0.29, 0.717) is 5.92 Å². The highest BCUT2D eigenvalue weighted by molar-refractivity contribution is 7.99. The highest BCUT2D eigenvalue weighted by atomic mass is 35.5. The quantitative estimate of drug-likeness (QED) is 0.543. The normalized spacial score (nSPS) is 12.4. The lowest BCUT2D eigenvalue weighted by molar-refractivity contribution is 0.414. The molecule has 1 atom stereocenters. The van der Waals surface area contributed by atoms with E-state index in [1.54, 1.807) is 7.11 Å². The summed E-state index contributed by atoms with van der Waals surface area (Å²) in [5.41, 5.74) is 1.37. The van der Waals surface area contributed by atoms with Crippen LogP contribution >= 0.6 is 23.4 Å². The van der Waals surface area contributed by atoms with Crippen molar-refractivity contribution in [2.24, 2.45) is 5.92 Å². The predicted molar refractivity (Wildman–Crippen MR) is 73.9 cm³/mol. The molecule has 0 bridgehead atoms. The minimum atomic E-state index is 0.613. The molecule has 0 spiro atoms. The second kappa shape index (κ2) is 7.86. The average molecular weight is 259 g/mol. The number of alkyl halides is 1. The highest BCUT2D eigenvalue weighted by Crippen LogP contribution is 2.15. The van der Waals surface area contributed by atoms with Gasteiger partial charge in [-0.15, -0.1) is 11.6 Å². The first-order valence-electron chi connectivity index (χ1n) is 5.53. The summed E-state index contributed by atoms with van der Waals surface area (Å²) in [6, 6.07) is 8.29. The predicted octanol–water partition coefficient (Wildman–Crippen LogP) is 3.85. The second-order valence-corrected chi connectivity index (χ2v) is 5.39. The summed E-state index contributed by atoms with van der Waals surface area (Å²) in [6.07, 6.45) is 1.11. The van der Waals surface area contributed by atoms with Gasteiger partial charge >= 0.3 is 0 Å². The van der Waals surface area contributed by atoms with Crippen LogP contribution in [-0.2, 0) is 6.42 Å². The zero-order valence-electron chi connectivity index (χ0n) is 9.91. The van der Waals surface area contributed by atoms with Gasteiger partial charge in [0, 0.05) is 5.88 Å². The molecule has 0 aliphatic carbocycles. The molecule has 0 radical (unpaired) electrons. The molecular formula is C13H19ClOS. The van der Waals surface area contributed by atoms with Crippen molar-refractivity contribution in [2.75, 3.05) is 24.5 Å². The number of thioether (sulfide) groups is 1. The zero-order valence-corrected chi connectivity index (χ0v) is 11.5. The number of methoxy groups -OCH3 is 1. The van der Waals surface area contributed by atoms with E-state index in [1.165, 1.54) is 5.56 Å². The van der Waals surface area contributed by atoms with Crippen molar-refractivity contribution in [3.63, 3.8) is 0 Å². The molecule has 1 rings (SSSR count). The largest absolute Gasteiger partial charge is 0.497 e. The van der Waals surface area contributed by atoms with Gasteiger partial charge in [-0.1, -0.05) is 19.1 Å². The summed E-state index contributed by atoms with van der Waals surface area (Å²) in [5.74, 6) is 4.61. The standard InChI is InChI=1S/C13H19ClOS/c1-11(9-14)10-16-8-7-12-3-5-13(15-2)6-4-12/h3-6,11H,7-10H2,1-2H3. The van der Waals surface area contributed by atoms with Gasteiger partial charge in [0.25, 0.3) is 0 Å². The van der Waals surface area contributed by atoms with Crippen LogP contribution in [0.3, 0.4) is 0 Å². The minimum absolute atomic E-state index is 0.613. The van der Waals surface area contributed by atoms with E-state index in [1.807, 2.05) is 23.9 Å². The number of benzene rings is 1. The summed E-state index contributed by atoms with van der Waals surface area (Å²) >= 11 is 7.73. The lowest BCUT2D eigenvalue weighted by atomic mass is 10.2. The van der Waals surface area contributed by atoms with E-state index >= 15 is 0 Å². The molecule has 1 aromatic carbocycles. The summed E-state index contributed by atoms with van der Waals surface area (Å²) in [5, 5.41) is 0. The molecule has 0 N–H and O–H groups in total. The van der Waals surface area contributed by atoms with Crippen LogP contribution in [-0.4, -0.2) is 24.5 Å². The number of halogens is 1. The van der Waals surface area contributed by atoms with Crippen LogP contribution in [0.2, 0.25) is 0 Å². The molecule has 3 heteroatoms. The molecule has 90 valence electrons. The second-order valence-electron chi connectivity index (χ2n) is 3.93. The Morgan fingerprint density at radius 1 is 1.31 bits per heavy atom. The van der Waals surface area contributed by atoms with E-state index in [4.69, 9.17) is 16.3 Å². The van der Waals surface area contributed by atoms with E-state index in [-0.39, 0.29) is 0 Å². The number of ether oxygens (including phenoxy) is 1. The number of hydrogen-bond acceptors (Lipinski definition) is 2. The van der Waals surface area contributed by atoms with Crippen LogP contribution < -0.4 is 4.74 Å². The molecule has 0 saturated heterocycles.